The van der Waals surface area contributed by atoms with Gasteiger partial charge in [-0.2, -0.15) is 4.98 Å². The topological polar surface area (TPSA) is 91.4 Å². The van der Waals surface area contributed by atoms with Crippen molar-refractivity contribution in [2.45, 2.75) is 57.9 Å². The van der Waals surface area contributed by atoms with Gasteiger partial charge in [0, 0.05) is 44.3 Å². The van der Waals surface area contributed by atoms with Gasteiger partial charge in [-0.05, 0) is 95.9 Å². The molecule has 1 atom stereocenters. The van der Waals surface area contributed by atoms with Crippen molar-refractivity contribution in [3.63, 3.8) is 0 Å². The number of nitrogens with one attached hydrogen (secondary N) is 3. The molecule has 1 aromatic heterocycles. The van der Waals surface area contributed by atoms with E-state index in [1.165, 1.54) is 24.0 Å². The van der Waals surface area contributed by atoms with Crippen molar-refractivity contribution in [1.29, 1.82) is 0 Å². The van der Waals surface area contributed by atoms with Crippen LogP contribution < -0.4 is 16.0 Å². The molecular weight excluding hydrogens is 568 g/mol. The van der Waals surface area contributed by atoms with Crippen LogP contribution in [0.25, 0.3) is 0 Å². The highest BCUT2D eigenvalue weighted by Gasteiger charge is 2.39. The third-order valence-corrected chi connectivity index (χ3v) is 8.71. The van der Waals surface area contributed by atoms with Gasteiger partial charge in [-0.3, -0.25) is 4.79 Å². The number of hydrogen-bond acceptors (Lipinski definition) is 7. The predicted molar refractivity (Wildman–Crippen MR) is 165 cm³/mol. The maximum absolute atomic E-state index is 12.5. The van der Waals surface area contributed by atoms with Gasteiger partial charge in [0.1, 0.15) is 5.82 Å². The SMILES string of the molecule is CCc1cc(C2CCCN(CCOC)C2)ccc1Nc1ncc(Br)c(NCc2cccc3c2C(C)(C)C(=O)N3)n1. The first kappa shape index (κ1) is 28.5. The van der Waals surface area contributed by atoms with Crippen LogP contribution in [0.3, 0.4) is 0 Å². The molecule has 3 N–H and O–H groups in total. The summed E-state index contributed by atoms with van der Waals surface area (Å²) < 4.78 is 6.07. The molecule has 3 heterocycles. The van der Waals surface area contributed by atoms with Crippen LogP contribution in [0.5, 0.6) is 0 Å². The van der Waals surface area contributed by atoms with E-state index in [1.807, 2.05) is 26.0 Å². The van der Waals surface area contributed by atoms with Gasteiger partial charge in [-0.1, -0.05) is 31.2 Å². The number of carbonyl (C=O) groups is 1. The molecule has 1 unspecified atom stereocenters. The molecule has 40 heavy (non-hydrogen) atoms. The van der Waals surface area contributed by atoms with Gasteiger partial charge in [-0.25, -0.2) is 4.98 Å². The minimum atomic E-state index is -0.578. The maximum atomic E-state index is 12.5. The number of anilines is 4. The van der Waals surface area contributed by atoms with E-state index in [-0.39, 0.29) is 5.91 Å². The van der Waals surface area contributed by atoms with Crippen LogP contribution in [0.1, 0.15) is 61.8 Å². The number of carbonyl (C=O) groups excluding carboxylic acids is 1. The van der Waals surface area contributed by atoms with Crippen LogP contribution in [0.4, 0.5) is 23.1 Å². The molecule has 5 rings (SSSR count). The summed E-state index contributed by atoms with van der Waals surface area (Å²) in [6.45, 7) is 10.6. The molecule has 1 fully saturated rings. The largest absolute Gasteiger partial charge is 0.383 e. The van der Waals surface area contributed by atoms with E-state index in [4.69, 9.17) is 9.72 Å². The molecule has 2 aromatic carbocycles. The molecule has 2 aliphatic heterocycles. The number of methoxy groups -OCH3 is 1. The minimum absolute atomic E-state index is 0.0225. The number of hydrogen-bond donors (Lipinski definition) is 3. The van der Waals surface area contributed by atoms with Crippen molar-refractivity contribution in [3.05, 3.63) is 69.3 Å². The minimum Gasteiger partial charge on any atom is -0.383 e. The van der Waals surface area contributed by atoms with Gasteiger partial charge >= 0.3 is 0 Å². The molecule has 9 heteroatoms. The summed E-state index contributed by atoms with van der Waals surface area (Å²) in [5.41, 5.74) is 6.08. The fourth-order valence-electron chi connectivity index (χ4n) is 5.87. The Morgan fingerprint density at radius 3 is 2.88 bits per heavy atom. The zero-order chi connectivity index (χ0) is 28.3. The van der Waals surface area contributed by atoms with Crippen molar-refractivity contribution < 1.29 is 9.53 Å². The van der Waals surface area contributed by atoms with E-state index >= 15 is 0 Å². The second-order valence-electron chi connectivity index (χ2n) is 11.2. The quantitative estimate of drug-likeness (QED) is 0.252. The number of ether oxygens (including phenoxy) is 1. The average molecular weight is 608 g/mol. The third-order valence-electron chi connectivity index (χ3n) is 8.13. The summed E-state index contributed by atoms with van der Waals surface area (Å²) >= 11 is 3.59. The highest BCUT2D eigenvalue weighted by atomic mass is 79.9. The van der Waals surface area contributed by atoms with Crippen molar-refractivity contribution in [2.75, 3.05) is 49.3 Å². The molecule has 0 saturated carbocycles. The Morgan fingerprint density at radius 2 is 2.08 bits per heavy atom. The monoisotopic (exact) mass is 606 g/mol. The van der Waals surface area contributed by atoms with Crippen LogP contribution in [0.2, 0.25) is 0 Å². The van der Waals surface area contributed by atoms with Crippen molar-refractivity contribution in [3.8, 4) is 0 Å². The fraction of sp³-hybridized carbons (Fsp3) is 0.452. The van der Waals surface area contributed by atoms with Gasteiger partial charge < -0.3 is 25.6 Å². The highest BCUT2D eigenvalue weighted by molar-refractivity contribution is 9.10. The number of amides is 1. The van der Waals surface area contributed by atoms with E-state index in [2.05, 4.69) is 73.0 Å². The summed E-state index contributed by atoms with van der Waals surface area (Å²) in [5.74, 6) is 1.79. The van der Waals surface area contributed by atoms with Crippen molar-refractivity contribution >= 4 is 45.0 Å². The van der Waals surface area contributed by atoms with Gasteiger partial charge in [-0.15, -0.1) is 0 Å². The predicted octanol–water partition coefficient (Wildman–Crippen LogP) is 6.21. The Hall–Kier alpha value is -3.01. The highest BCUT2D eigenvalue weighted by Crippen LogP contribution is 2.40. The van der Waals surface area contributed by atoms with Gasteiger partial charge in [0.05, 0.1) is 16.5 Å². The van der Waals surface area contributed by atoms with Crippen molar-refractivity contribution in [2.24, 2.45) is 0 Å². The van der Waals surface area contributed by atoms with Crippen LogP contribution >= 0.6 is 15.9 Å². The molecule has 8 nitrogen and oxygen atoms in total. The lowest BCUT2D eigenvalue weighted by molar-refractivity contribution is -0.119. The zero-order valence-electron chi connectivity index (χ0n) is 23.8. The number of aryl methyl sites for hydroxylation is 1. The zero-order valence-corrected chi connectivity index (χ0v) is 25.4. The van der Waals surface area contributed by atoms with E-state index in [9.17, 15) is 4.79 Å². The molecule has 3 aromatic rings. The van der Waals surface area contributed by atoms with Gasteiger partial charge in [0.25, 0.3) is 0 Å². The summed E-state index contributed by atoms with van der Waals surface area (Å²) in [6, 6.07) is 12.7. The number of benzene rings is 2. The number of piperidine rings is 1. The summed E-state index contributed by atoms with van der Waals surface area (Å²) in [4.78, 5) is 24.3. The number of likely N-dealkylation sites (tertiary alicyclic amines) is 1. The number of fused-ring (bicyclic) bond motifs is 1. The van der Waals surface area contributed by atoms with E-state index in [0.717, 1.165) is 59.6 Å². The lowest BCUT2D eigenvalue weighted by Gasteiger charge is -2.33. The molecule has 0 bridgehead atoms. The molecule has 0 aliphatic carbocycles. The van der Waals surface area contributed by atoms with Crippen LogP contribution in [0, 0.1) is 0 Å². The molecule has 0 radical (unpaired) electrons. The number of aromatic nitrogens is 2. The molecule has 0 spiro atoms. The van der Waals surface area contributed by atoms with Crippen LogP contribution in [0.15, 0.2) is 47.1 Å². The lowest BCUT2D eigenvalue weighted by atomic mass is 9.83. The number of nitrogens with zero attached hydrogens (tertiary/aromatic N) is 3. The number of halogens is 1. The molecule has 2 aliphatic rings. The Balaban J connectivity index is 1.30. The lowest BCUT2D eigenvalue weighted by Crippen LogP contribution is -2.36. The maximum Gasteiger partial charge on any atom is 0.234 e. The smallest absolute Gasteiger partial charge is 0.234 e. The molecule has 1 saturated heterocycles. The second-order valence-corrected chi connectivity index (χ2v) is 12.0. The summed E-state index contributed by atoms with van der Waals surface area (Å²) in [5, 5.41) is 9.90. The first-order valence-corrected chi connectivity index (χ1v) is 14.9. The van der Waals surface area contributed by atoms with Crippen molar-refractivity contribution in [1.82, 2.24) is 14.9 Å². The average Bonchev–Trinajstić information content (AvgIpc) is 3.20. The summed E-state index contributed by atoms with van der Waals surface area (Å²) in [6.07, 6.45) is 5.11. The number of rotatable bonds is 10. The van der Waals surface area contributed by atoms with E-state index < -0.39 is 5.41 Å². The van der Waals surface area contributed by atoms with Crippen LogP contribution in [-0.2, 0) is 27.9 Å². The molecule has 212 valence electrons. The standard InChI is InChI=1S/C31H39BrN6O2/c1-5-20-16-21(23-9-7-13-38(19-23)14-15-40-4)11-12-25(20)36-30-34-18-24(32)28(37-30)33-17-22-8-6-10-26-27(22)31(2,3)29(39)35-26/h6,8,10-12,16,18,23H,5,7,9,13-15,17,19H2,1-4H3,(H,35,39)(H2,33,34,36,37). The Morgan fingerprint density at radius 1 is 1.23 bits per heavy atom. The third kappa shape index (κ3) is 6.01. The first-order valence-electron chi connectivity index (χ1n) is 14.1. The normalized spacial score (nSPS) is 18.3. The Labute approximate surface area is 245 Å². The van der Waals surface area contributed by atoms with E-state index in [0.29, 0.717) is 24.2 Å². The van der Waals surface area contributed by atoms with Gasteiger partial charge in [0.15, 0.2) is 0 Å². The summed E-state index contributed by atoms with van der Waals surface area (Å²) in [7, 11) is 1.77. The fourth-order valence-corrected chi connectivity index (χ4v) is 6.20. The Kier molecular flexibility index (Phi) is 8.73. The van der Waals surface area contributed by atoms with Gasteiger partial charge in [0.2, 0.25) is 11.9 Å². The Bertz CT molecular complexity index is 1380. The first-order chi connectivity index (χ1) is 19.3. The molecule has 1 amide bonds. The van der Waals surface area contributed by atoms with Crippen LogP contribution in [-0.4, -0.2) is 54.1 Å². The van der Waals surface area contributed by atoms with E-state index in [1.54, 1.807) is 13.3 Å². The molecular formula is C31H39BrN6O2. The second kappa shape index (κ2) is 12.2.